The number of rotatable bonds is 23. The van der Waals surface area contributed by atoms with Crippen molar-refractivity contribution in [3.63, 3.8) is 0 Å². The van der Waals surface area contributed by atoms with Crippen LogP contribution in [-0.4, -0.2) is 50.2 Å². The minimum atomic E-state index is -4.70. The van der Waals surface area contributed by atoms with Gasteiger partial charge in [-0.25, -0.2) is 9.36 Å². The maximum Gasteiger partial charge on any atom is 0.472 e. The molecule has 14 heteroatoms. The third-order valence-electron chi connectivity index (χ3n) is 9.42. The van der Waals surface area contributed by atoms with Crippen molar-refractivity contribution in [3.8, 4) is 0 Å². The number of alkyl halides is 2. The number of aliphatic hydroxyl groups excluding tert-OH is 1. The second kappa shape index (κ2) is 23.5. The van der Waals surface area contributed by atoms with Crippen molar-refractivity contribution in [2.45, 2.75) is 137 Å². The van der Waals surface area contributed by atoms with Crippen molar-refractivity contribution in [2.75, 3.05) is 11.9 Å². The Bertz CT molecular complexity index is 1870. The molecule has 0 aliphatic carbocycles. The van der Waals surface area contributed by atoms with Crippen LogP contribution in [-0.2, 0) is 29.8 Å². The molecular weight excluding hydrogens is 755 g/mol. The van der Waals surface area contributed by atoms with E-state index >= 15 is 8.78 Å². The molecule has 1 unspecified atom stereocenters. The van der Waals surface area contributed by atoms with Crippen molar-refractivity contribution in [1.29, 1.82) is 0 Å². The van der Waals surface area contributed by atoms with E-state index in [0.29, 0.717) is 16.6 Å². The molecule has 0 bridgehead atoms. The lowest BCUT2D eigenvalue weighted by molar-refractivity contribution is -0.140. The number of hydrogen-bond acceptors (Lipinski definition) is 8. The predicted molar refractivity (Wildman–Crippen MR) is 220 cm³/mol. The van der Waals surface area contributed by atoms with Crippen LogP contribution in [0.1, 0.15) is 118 Å². The fourth-order valence-electron chi connectivity index (χ4n) is 5.97. The third-order valence-corrected chi connectivity index (χ3v) is 10.4. The van der Waals surface area contributed by atoms with Crippen LogP contribution in [0.3, 0.4) is 0 Å². The lowest BCUT2D eigenvalue weighted by Crippen LogP contribution is -2.42. The molecule has 1 amide bonds. The van der Waals surface area contributed by atoms with Crippen molar-refractivity contribution < 1.29 is 41.9 Å². The first kappa shape index (κ1) is 47.5. The molecule has 11 nitrogen and oxygen atoms in total. The zero-order chi connectivity index (χ0) is 42.0. The van der Waals surface area contributed by atoms with E-state index in [4.69, 9.17) is 13.8 Å². The highest BCUT2D eigenvalue weighted by molar-refractivity contribution is 7.47. The van der Waals surface area contributed by atoms with Crippen LogP contribution < -0.4 is 11.0 Å². The van der Waals surface area contributed by atoms with E-state index in [1.54, 1.807) is 30.3 Å². The van der Waals surface area contributed by atoms with E-state index in [0.717, 1.165) is 69.2 Å². The molecule has 0 spiro atoms. The number of nitrogens with zero attached hydrogens (tertiary/aromatic N) is 2. The standard InChI is InChI=1S/C43H60F2N3O8P/c1-31(2)15-12-18-34(5)21-13-19-32(3)16-10-11-17-33(4)20-14-22-35(6)25-26-39(49)46-38-27-28-48(42(51)47-38)41-43(44,45)40(50)37(56-41)30-55-57(52,53)54-29-36-23-8-7-9-24-36/h7-9,15-17,21-24,27-28,37,40-41,50H,10-14,18-20,25-26,29-30H2,1-6H3,(H,52,53)(H,46,47,49,51)/b32-16+,33-17+,34-21+,35-22+/t37-,40-,41-/m1/s1. The molecule has 1 aromatic carbocycles. The Morgan fingerprint density at radius 2 is 1.39 bits per heavy atom. The first-order valence-electron chi connectivity index (χ1n) is 19.5. The summed E-state index contributed by atoms with van der Waals surface area (Å²) < 4.78 is 57.8. The van der Waals surface area contributed by atoms with Crippen LogP contribution in [0.2, 0.25) is 0 Å². The van der Waals surface area contributed by atoms with Gasteiger partial charge >= 0.3 is 19.4 Å². The number of benzene rings is 1. The number of halogens is 2. The third kappa shape index (κ3) is 17.3. The summed E-state index contributed by atoms with van der Waals surface area (Å²) in [4.78, 5) is 39.0. The van der Waals surface area contributed by atoms with E-state index in [2.05, 4.69) is 75.3 Å². The van der Waals surface area contributed by atoms with Crippen LogP contribution >= 0.6 is 7.82 Å². The van der Waals surface area contributed by atoms with Crippen molar-refractivity contribution >= 4 is 19.5 Å². The molecule has 2 heterocycles. The minimum absolute atomic E-state index is 0.125. The van der Waals surface area contributed by atoms with Crippen LogP contribution in [0, 0.1) is 0 Å². The van der Waals surface area contributed by atoms with Crippen molar-refractivity contribution in [1.82, 2.24) is 9.55 Å². The van der Waals surface area contributed by atoms with Gasteiger partial charge in [-0.3, -0.25) is 18.4 Å². The average molecular weight is 816 g/mol. The Labute approximate surface area is 335 Å². The van der Waals surface area contributed by atoms with Gasteiger partial charge in [-0.05, 0) is 111 Å². The summed E-state index contributed by atoms with van der Waals surface area (Å²) in [5, 5.41) is 12.8. The van der Waals surface area contributed by atoms with Gasteiger partial charge in [0.05, 0.1) is 13.2 Å². The Morgan fingerprint density at radius 3 is 1.95 bits per heavy atom. The topological polar surface area (TPSA) is 149 Å². The molecule has 1 aliphatic rings. The van der Waals surface area contributed by atoms with Crippen LogP contribution in [0.15, 0.2) is 106 Å². The number of carbonyl (C=O) groups is 1. The number of phosphoric ester groups is 1. The molecule has 1 saturated heterocycles. The van der Waals surface area contributed by atoms with Gasteiger partial charge in [0, 0.05) is 12.6 Å². The summed E-state index contributed by atoms with van der Waals surface area (Å²) in [6, 6.07) is 9.60. The molecule has 2 aromatic rings. The SMILES string of the molecule is CC(C)=CCC/C(C)=C/CC/C(C)=C/CC/C=C(\C)CC/C=C(\C)CCC(=O)Nc1ccn([C@@H]2O[C@H](COP(=O)(O)OCc3ccccc3)[C@@H](O)C2(F)F)c(=O)n1. The molecular formula is C43H60F2N3O8P. The fraction of sp³-hybridized carbons (Fsp3) is 0.512. The first-order chi connectivity index (χ1) is 27.0. The minimum Gasteiger partial charge on any atom is -0.384 e. The first-order valence-corrected chi connectivity index (χ1v) is 21.0. The average Bonchev–Trinajstić information content (AvgIpc) is 3.38. The number of ether oxygens (including phenoxy) is 1. The molecule has 0 saturated carbocycles. The molecule has 1 fully saturated rings. The molecule has 3 N–H and O–H groups in total. The van der Waals surface area contributed by atoms with Gasteiger partial charge in [0.2, 0.25) is 12.1 Å². The Morgan fingerprint density at radius 1 is 0.842 bits per heavy atom. The van der Waals surface area contributed by atoms with Gasteiger partial charge in [-0.1, -0.05) is 88.6 Å². The lowest BCUT2D eigenvalue weighted by atomic mass is 10.0. The molecule has 314 valence electrons. The second-order valence-electron chi connectivity index (χ2n) is 14.9. The number of aliphatic hydroxyl groups is 1. The molecule has 57 heavy (non-hydrogen) atoms. The quantitative estimate of drug-likeness (QED) is 0.0566. The zero-order valence-corrected chi connectivity index (χ0v) is 35.0. The summed E-state index contributed by atoms with van der Waals surface area (Å²) in [5.41, 5.74) is 6.00. The molecule has 3 rings (SSSR count). The number of phosphoric acid groups is 1. The zero-order valence-electron chi connectivity index (χ0n) is 34.1. The van der Waals surface area contributed by atoms with Crippen molar-refractivity contribution in [3.05, 3.63) is 117 Å². The Balaban J connectivity index is 1.39. The number of nitrogens with one attached hydrogen (secondary N) is 1. The second-order valence-corrected chi connectivity index (χ2v) is 16.4. The van der Waals surface area contributed by atoms with Crippen LogP contribution in [0.4, 0.5) is 14.6 Å². The number of hydrogen-bond donors (Lipinski definition) is 3. The molecule has 1 aromatic heterocycles. The largest absolute Gasteiger partial charge is 0.472 e. The van der Waals surface area contributed by atoms with Gasteiger partial charge in [-0.2, -0.15) is 13.8 Å². The lowest BCUT2D eigenvalue weighted by Gasteiger charge is -2.21. The van der Waals surface area contributed by atoms with Gasteiger partial charge in [-0.15, -0.1) is 0 Å². The number of amides is 1. The van der Waals surface area contributed by atoms with Gasteiger partial charge < -0.3 is 20.1 Å². The maximum absolute atomic E-state index is 15.1. The summed E-state index contributed by atoms with van der Waals surface area (Å²) >= 11 is 0. The van der Waals surface area contributed by atoms with Crippen molar-refractivity contribution in [2.24, 2.45) is 0 Å². The van der Waals surface area contributed by atoms with Crippen LogP contribution in [0.25, 0.3) is 0 Å². The summed E-state index contributed by atoms with van der Waals surface area (Å²) in [7, 11) is -4.70. The Hall–Kier alpha value is -3.84. The number of allylic oxidation sites excluding steroid dienone is 10. The van der Waals surface area contributed by atoms with Gasteiger partial charge in [0.1, 0.15) is 11.9 Å². The monoisotopic (exact) mass is 815 g/mol. The smallest absolute Gasteiger partial charge is 0.384 e. The normalized spacial score (nSPS) is 20.0. The summed E-state index contributed by atoms with van der Waals surface area (Å²) in [5.74, 6) is -4.54. The van der Waals surface area contributed by atoms with Gasteiger partial charge in [0.15, 0.2) is 6.10 Å². The number of carbonyl (C=O) groups excluding carboxylic acids is 1. The molecule has 4 atom stereocenters. The van der Waals surface area contributed by atoms with E-state index in [-0.39, 0.29) is 18.8 Å². The summed E-state index contributed by atoms with van der Waals surface area (Å²) in [6.45, 7) is 11.6. The predicted octanol–water partition coefficient (Wildman–Crippen LogP) is 10.1. The number of unbranched alkanes of at least 4 members (excludes halogenated alkanes) is 1. The van der Waals surface area contributed by atoms with E-state index in [1.165, 1.54) is 22.3 Å². The number of anilines is 1. The fourth-order valence-corrected chi connectivity index (χ4v) is 6.69. The molecule has 0 radical (unpaired) electrons. The highest BCUT2D eigenvalue weighted by Gasteiger charge is 2.60. The number of aromatic nitrogens is 2. The Kier molecular flexibility index (Phi) is 19.6. The van der Waals surface area contributed by atoms with E-state index < -0.39 is 50.4 Å². The van der Waals surface area contributed by atoms with E-state index in [1.807, 2.05) is 6.92 Å². The molecule has 1 aliphatic heterocycles. The summed E-state index contributed by atoms with van der Waals surface area (Å²) in [6.07, 6.45) is 14.6. The highest BCUT2D eigenvalue weighted by Crippen LogP contribution is 2.47. The van der Waals surface area contributed by atoms with Crippen LogP contribution in [0.5, 0.6) is 0 Å². The van der Waals surface area contributed by atoms with E-state index in [9.17, 15) is 24.2 Å². The maximum atomic E-state index is 15.1. The van der Waals surface area contributed by atoms with Gasteiger partial charge in [0.25, 0.3) is 0 Å². The highest BCUT2D eigenvalue weighted by atomic mass is 31.2.